The van der Waals surface area contributed by atoms with Gasteiger partial charge in [0.2, 0.25) is 12.7 Å². The van der Waals surface area contributed by atoms with Crippen molar-refractivity contribution >= 4 is 23.6 Å². The number of methoxy groups -OCH3 is 2. The highest BCUT2D eigenvalue weighted by Gasteiger charge is 2.28. The minimum atomic E-state index is -0.878. The fourth-order valence-corrected chi connectivity index (χ4v) is 3.65. The van der Waals surface area contributed by atoms with Gasteiger partial charge in [0.05, 0.1) is 14.2 Å². The average Bonchev–Trinajstić information content (AvgIpc) is 3.36. The summed E-state index contributed by atoms with van der Waals surface area (Å²) in [6.45, 7) is 0.178. The van der Waals surface area contributed by atoms with Gasteiger partial charge in [-0.25, -0.2) is 0 Å². The van der Waals surface area contributed by atoms with Crippen molar-refractivity contribution in [2.24, 2.45) is 0 Å². The Morgan fingerprint density at radius 2 is 1.54 bits per heavy atom. The minimum absolute atomic E-state index is 0.178. The lowest BCUT2D eigenvalue weighted by molar-refractivity contribution is -0.133. The van der Waals surface area contributed by atoms with E-state index in [0.29, 0.717) is 34.2 Å². The van der Waals surface area contributed by atoms with Crippen LogP contribution in [0.25, 0.3) is 6.08 Å². The lowest BCUT2D eigenvalue weighted by Gasteiger charge is -2.27. The maximum atomic E-state index is 13.3. The molecule has 1 aliphatic heterocycles. The highest BCUT2D eigenvalue weighted by atomic mass is 16.7. The molecule has 1 atom stereocenters. The fourth-order valence-electron chi connectivity index (χ4n) is 3.65. The van der Waals surface area contributed by atoms with Gasteiger partial charge in [-0.15, -0.1) is 0 Å². The van der Waals surface area contributed by atoms with Gasteiger partial charge in [0.25, 0.3) is 5.91 Å². The molecule has 3 aromatic carbocycles. The number of carbonyl (C=O) groups excluding carboxylic acids is 2. The molecule has 0 radical (unpaired) electrons. The van der Waals surface area contributed by atoms with Crippen molar-refractivity contribution in [3.8, 4) is 23.0 Å². The summed E-state index contributed by atoms with van der Waals surface area (Å²) < 4.78 is 21.1. The Bertz CT molecular complexity index is 1220. The summed E-state index contributed by atoms with van der Waals surface area (Å²) in [5.74, 6) is 1.93. The lowest BCUT2D eigenvalue weighted by Crippen LogP contribution is -2.37. The minimum Gasteiger partial charge on any atom is -0.497 e. The van der Waals surface area contributed by atoms with E-state index >= 15 is 0 Å². The number of nitrogens with zero attached hydrogens (tertiary/aromatic N) is 1. The third kappa shape index (κ3) is 5.55. The number of carbonyl (C=O) groups is 2. The Balaban J connectivity index is 1.55. The first-order chi connectivity index (χ1) is 17.0. The van der Waals surface area contributed by atoms with Gasteiger partial charge in [0, 0.05) is 18.8 Å². The van der Waals surface area contributed by atoms with Gasteiger partial charge in [-0.2, -0.15) is 0 Å². The SMILES string of the molecule is COc1ccc(NC(=O)C(c2ccc(OC)cc2)N(C)C(=O)/C=C/c2ccc3c(c2)OCO3)cc1. The molecule has 0 bridgehead atoms. The fraction of sp³-hybridized carbons (Fsp3) is 0.185. The van der Waals surface area contributed by atoms with Crippen molar-refractivity contribution in [2.75, 3.05) is 33.4 Å². The molecule has 180 valence electrons. The number of hydrogen-bond donors (Lipinski definition) is 1. The first-order valence-electron chi connectivity index (χ1n) is 10.9. The molecule has 1 N–H and O–H groups in total. The second kappa shape index (κ2) is 10.6. The zero-order valence-corrected chi connectivity index (χ0v) is 19.7. The molecule has 8 nitrogen and oxygen atoms in total. The van der Waals surface area contributed by atoms with Crippen molar-refractivity contribution in [1.82, 2.24) is 4.90 Å². The molecule has 8 heteroatoms. The molecule has 0 fully saturated rings. The van der Waals surface area contributed by atoms with Crippen LogP contribution in [0.5, 0.6) is 23.0 Å². The molecule has 35 heavy (non-hydrogen) atoms. The first-order valence-corrected chi connectivity index (χ1v) is 10.9. The number of amides is 2. The summed E-state index contributed by atoms with van der Waals surface area (Å²) >= 11 is 0. The second-order valence-electron chi connectivity index (χ2n) is 7.79. The third-order valence-corrected chi connectivity index (χ3v) is 5.59. The number of nitrogens with one attached hydrogen (secondary N) is 1. The van der Waals surface area contributed by atoms with Crippen LogP contribution in [-0.2, 0) is 9.59 Å². The van der Waals surface area contributed by atoms with Crippen LogP contribution in [0.3, 0.4) is 0 Å². The van der Waals surface area contributed by atoms with Gasteiger partial charge in [0.15, 0.2) is 11.5 Å². The summed E-state index contributed by atoms with van der Waals surface area (Å²) in [4.78, 5) is 27.8. The van der Waals surface area contributed by atoms with E-state index in [2.05, 4.69) is 5.32 Å². The molecule has 3 aromatic rings. The zero-order chi connectivity index (χ0) is 24.8. The average molecular weight is 475 g/mol. The smallest absolute Gasteiger partial charge is 0.251 e. The molecule has 4 rings (SSSR count). The Labute approximate surface area is 203 Å². The molecule has 1 unspecified atom stereocenters. The Morgan fingerprint density at radius 3 is 2.20 bits per heavy atom. The number of anilines is 1. The van der Waals surface area contributed by atoms with Gasteiger partial charge < -0.3 is 29.2 Å². The highest BCUT2D eigenvalue weighted by molar-refractivity contribution is 6.00. The molecule has 0 saturated heterocycles. The van der Waals surface area contributed by atoms with Crippen LogP contribution in [0.1, 0.15) is 17.2 Å². The van der Waals surface area contributed by atoms with Gasteiger partial charge in [-0.05, 0) is 65.7 Å². The summed E-state index contributed by atoms with van der Waals surface area (Å²) in [5.41, 5.74) is 2.01. The van der Waals surface area contributed by atoms with Crippen molar-refractivity contribution in [3.05, 3.63) is 83.9 Å². The van der Waals surface area contributed by atoms with E-state index in [0.717, 1.165) is 5.56 Å². The van der Waals surface area contributed by atoms with E-state index in [4.69, 9.17) is 18.9 Å². The Kier molecular flexibility index (Phi) is 7.21. The van der Waals surface area contributed by atoms with Crippen LogP contribution in [0, 0.1) is 0 Å². The van der Waals surface area contributed by atoms with Gasteiger partial charge >= 0.3 is 0 Å². The summed E-state index contributed by atoms with van der Waals surface area (Å²) in [6.07, 6.45) is 3.10. The second-order valence-corrected chi connectivity index (χ2v) is 7.79. The number of rotatable bonds is 8. The van der Waals surface area contributed by atoms with E-state index in [9.17, 15) is 9.59 Å². The molecular weight excluding hydrogens is 448 g/mol. The molecule has 0 spiro atoms. The third-order valence-electron chi connectivity index (χ3n) is 5.59. The van der Waals surface area contributed by atoms with Crippen LogP contribution in [0.2, 0.25) is 0 Å². The summed E-state index contributed by atoms with van der Waals surface area (Å²) in [6, 6.07) is 18.6. The summed E-state index contributed by atoms with van der Waals surface area (Å²) in [7, 11) is 4.74. The normalized spacial score (nSPS) is 12.8. The van der Waals surface area contributed by atoms with Crippen LogP contribution in [0.4, 0.5) is 5.69 Å². The quantitative estimate of drug-likeness (QED) is 0.491. The van der Waals surface area contributed by atoms with Crippen molar-refractivity contribution in [3.63, 3.8) is 0 Å². The van der Waals surface area contributed by atoms with Crippen LogP contribution in [-0.4, -0.2) is 44.8 Å². The van der Waals surface area contributed by atoms with E-state index in [1.807, 2.05) is 6.07 Å². The molecule has 0 aromatic heterocycles. The monoisotopic (exact) mass is 474 g/mol. The Morgan fingerprint density at radius 1 is 0.914 bits per heavy atom. The maximum absolute atomic E-state index is 13.3. The maximum Gasteiger partial charge on any atom is 0.251 e. The predicted octanol–water partition coefficient (Wildman–Crippen LogP) is 4.28. The van der Waals surface area contributed by atoms with Crippen molar-refractivity contribution in [2.45, 2.75) is 6.04 Å². The molecule has 0 aliphatic carbocycles. The van der Waals surface area contributed by atoms with E-state index in [-0.39, 0.29) is 18.6 Å². The van der Waals surface area contributed by atoms with Crippen LogP contribution in [0.15, 0.2) is 72.8 Å². The predicted molar refractivity (Wildman–Crippen MR) is 132 cm³/mol. The largest absolute Gasteiger partial charge is 0.497 e. The number of benzene rings is 3. The zero-order valence-electron chi connectivity index (χ0n) is 19.7. The number of fused-ring (bicyclic) bond motifs is 1. The standard InChI is InChI=1S/C27H26N2O6/c1-29(25(30)15-5-18-4-14-23-24(16-18)35-17-34-23)26(19-6-10-21(32-2)11-7-19)27(31)28-20-8-12-22(33-3)13-9-20/h4-16,26H,17H2,1-3H3,(H,28,31)/b15-5+. The molecule has 1 aliphatic rings. The number of ether oxygens (including phenoxy) is 4. The van der Waals surface area contributed by atoms with E-state index in [1.54, 1.807) is 88.0 Å². The molecule has 0 saturated carbocycles. The topological polar surface area (TPSA) is 86.3 Å². The van der Waals surface area contributed by atoms with Gasteiger partial charge in [-0.1, -0.05) is 18.2 Å². The lowest BCUT2D eigenvalue weighted by atomic mass is 10.0. The molecule has 1 heterocycles. The van der Waals surface area contributed by atoms with Gasteiger partial charge in [0.1, 0.15) is 17.5 Å². The number of likely N-dealkylation sites (N-methyl/N-ethyl adjacent to an activating group) is 1. The van der Waals surface area contributed by atoms with Gasteiger partial charge in [-0.3, -0.25) is 9.59 Å². The molecular formula is C27H26N2O6. The number of hydrogen-bond acceptors (Lipinski definition) is 6. The Hall–Kier alpha value is -4.46. The van der Waals surface area contributed by atoms with Crippen LogP contribution < -0.4 is 24.3 Å². The van der Waals surface area contributed by atoms with E-state index < -0.39 is 6.04 Å². The summed E-state index contributed by atoms with van der Waals surface area (Å²) in [5, 5.41) is 2.88. The van der Waals surface area contributed by atoms with E-state index in [1.165, 1.54) is 11.0 Å². The molecule has 2 amide bonds. The van der Waals surface area contributed by atoms with Crippen molar-refractivity contribution in [1.29, 1.82) is 0 Å². The van der Waals surface area contributed by atoms with Crippen molar-refractivity contribution < 1.29 is 28.5 Å². The first kappa shape index (κ1) is 23.7. The van der Waals surface area contributed by atoms with Crippen LogP contribution >= 0.6 is 0 Å². The highest BCUT2D eigenvalue weighted by Crippen LogP contribution is 2.33.